The van der Waals surface area contributed by atoms with Gasteiger partial charge < -0.3 is 0 Å². The van der Waals surface area contributed by atoms with Crippen LogP contribution in [-0.2, 0) is 0 Å². The van der Waals surface area contributed by atoms with Crippen LogP contribution in [0.15, 0.2) is 56.6 Å². The van der Waals surface area contributed by atoms with Crippen molar-refractivity contribution in [2.75, 3.05) is 0 Å². The highest BCUT2D eigenvalue weighted by atomic mass is 32.2. The lowest BCUT2D eigenvalue weighted by atomic mass is 9.82. The van der Waals surface area contributed by atoms with Crippen molar-refractivity contribution < 1.29 is 7.50 Å². The van der Waals surface area contributed by atoms with Crippen molar-refractivity contribution in [3.8, 4) is 0 Å². The van der Waals surface area contributed by atoms with Crippen LogP contribution < -0.4 is 0 Å². The fraction of sp³-hybridized carbons (Fsp3) is 0.615. The number of thioether (sulfide) groups is 1. The summed E-state index contributed by atoms with van der Waals surface area (Å²) >= 11 is 1.58. The van der Waals surface area contributed by atoms with Gasteiger partial charge in [-0.2, -0.15) is 0 Å². The van der Waals surface area contributed by atoms with Crippen LogP contribution in [0, 0.1) is 26.6 Å². The molecule has 0 unspecified atom stereocenters. The molecule has 0 fully saturated rings. The van der Waals surface area contributed by atoms with E-state index >= 15 is 0 Å². The summed E-state index contributed by atoms with van der Waals surface area (Å²) in [5, 5.41) is 0. The molecule has 2 aliphatic rings. The second-order valence-electron chi connectivity index (χ2n) is 12.2. The van der Waals surface area contributed by atoms with E-state index in [0.29, 0.717) is 29.1 Å². The number of nitrogens with zero attached hydrogens (tertiary/aromatic N) is 1. The molecule has 0 spiro atoms. The number of rotatable bonds is 0. The normalized spacial score (nSPS) is 21.3. The first-order valence-electron chi connectivity index (χ1n) is 11.4. The average Bonchev–Trinajstić information content (AvgIpc) is 2.51. The third-order valence-electron chi connectivity index (χ3n) is 4.89. The molecule has 2 aliphatic heterocycles. The maximum atomic E-state index is 13.3. The Bertz CT molecular complexity index is 889. The van der Waals surface area contributed by atoms with E-state index in [1.165, 1.54) is 0 Å². The smallest absolute Gasteiger partial charge is 0.0978 e. The van der Waals surface area contributed by atoms with Crippen LogP contribution in [-0.4, -0.2) is 4.76 Å². The van der Waals surface area contributed by atoms with Crippen molar-refractivity contribution >= 4 is 11.8 Å². The van der Waals surface area contributed by atoms with Crippen LogP contribution in [0.4, 0.5) is 0 Å². The molecule has 0 atom stereocenters. The first-order chi connectivity index (χ1) is 13.7. The molecule has 0 aliphatic carbocycles. The van der Waals surface area contributed by atoms with Crippen molar-refractivity contribution in [1.82, 2.24) is 0 Å². The Morgan fingerprint density at radius 1 is 0.655 bits per heavy atom. The van der Waals surface area contributed by atoms with Gasteiger partial charge in [-0.3, -0.25) is 0 Å². The quantitative estimate of drug-likeness (QED) is 0.369. The topological polar surface area (TPSA) is 20.1 Å². The minimum Gasteiger partial charge on any atom is -0.0978 e. The second kappa shape index (κ2) is 7.41. The Balaban J connectivity index is 3.03. The van der Waals surface area contributed by atoms with Gasteiger partial charge in [-0.1, -0.05) is 94.8 Å². The predicted molar refractivity (Wildman–Crippen MR) is 128 cm³/mol. The molecular weight excluding hydrogens is 374 g/mol. The number of nitroso groups, excluding NO2 is 1. The van der Waals surface area contributed by atoms with Gasteiger partial charge in [0.05, 0.1) is 18.3 Å². The van der Waals surface area contributed by atoms with E-state index in [1.807, 2.05) is 53.7 Å². The highest BCUT2D eigenvalue weighted by Crippen LogP contribution is 2.50. The molecule has 2 nitrogen and oxygen atoms in total. The highest BCUT2D eigenvalue weighted by molar-refractivity contribution is 8.06. The van der Waals surface area contributed by atoms with Gasteiger partial charge in [-0.25, -0.2) is 0 Å². The second-order valence-corrected chi connectivity index (χ2v) is 13.2. The SMILES string of the molecule is [2H]C1=C(C(C)(C)C)SC(C(C)(C)C)=C([2H])C1=C1C=C(C(C)(C)C)[N+](=O)C(C(C)(C)C)=C1. The molecule has 0 aromatic heterocycles. The summed E-state index contributed by atoms with van der Waals surface area (Å²) in [5.74, 6) is 0. The molecule has 2 rings (SSSR count). The van der Waals surface area contributed by atoms with Gasteiger partial charge in [0.15, 0.2) is 0 Å². The summed E-state index contributed by atoms with van der Waals surface area (Å²) in [6, 6.07) is 0.803. The van der Waals surface area contributed by atoms with E-state index in [9.17, 15) is 4.91 Å². The van der Waals surface area contributed by atoms with Crippen LogP contribution >= 0.6 is 11.8 Å². The zero-order valence-corrected chi connectivity index (χ0v) is 21.2. The molecule has 0 radical (unpaired) electrons. The first-order valence-corrected chi connectivity index (χ1v) is 11.3. The van der Waals surface area contributed by atoms with Crippen molar-refractivity contribution in [3.05, 3.63) is 61.5 Å². The molecule has 0 aromatic carbocycles. The van der Waals surface area contributed by atoms with Crippen LogP contribution in [0.25, 0.3) is 0 Å². The Morgan fingerprint density at radius 2 is 1.00 bits per heavy atom. The van der Waals surface area contributed by atoms with Crippen LogP contribution in [0.5, 0.6) is 0 Å². The standard InChI is InChI=1S/C26H40NOS/c1-23(2,3)19-13-17(14-20(27(19)28)24(4,5)6)18-15-21(25(7,8)9)29-22(16-18)26(10,11)12/h13-16H,1-12H3/q+1/i15D,16D. The Labute approximate surface area is 185 Å². The summed E-state index contributed by atoms with van der Waals surface area (Å²) in [6.07, 6.45) is 3.80. The highest BCUT2D eigenvalue weighted by Gasteiger charge is 2.43. The molecule has 0 N–H and O–H groups in total. The zero-order chi connectivity index (χ0) is 24.3. The molecular formula is C26H40NOS+. The molecule has 0 bridgehead atoms. The largest absolute Gasteiger partial charge is 0.245 e. The van der Waals surface area contributed by atoms with Crippen LogP contribution in [0.1, 0.15) is 85.8 Å². The fourth-order valence-corrected chi connectivity index (χ4v) is 4.13. The molecule has 160 valence electrons. The maximum Gasteiger partial charge on any atom is 0.245 e. The number of allylic oxidation sites excluding steroid dienone is 10. The fourth-order valence-electron chi connectivity index (χ4n) is 3.01. The first kappa shape index (κ1) is 20.9. The van der Waals surface area contributed by atoms with Crippen molar-refractivity contribution in [1.29, 1.82) is 0 Å². The molecule has 0 amide bonds. The van der Waals surface area contributed by atoms with Gasteiger partial charge in [-0.05, 0) is 43.9 Å². The van der Waals surface area contributed by atoms with E-state index < -0.39 is 0 Å². The lowest BCUT2D eigenvalue weighted by molar-refractivity contribution is -0.473. The van der Waals surface area contributed by atoms with E-state index in [0.717, 1.165) is 20.1 Å². The van der Waals surface area contributed by atoms with E-state index in [-0.39, 0.29) is 21.7 Å². The molecule has 0 aromatic rings. The Kier molecular flexibility index (Phi) is 5.34. The molecule has 29 heavy (non-hydrogen) atoms. The summed E-state index contributed by atoms with van der Waals surface area (Å²) in [6.45, 7) is 24.9. The van der Waals surface area contributed by atoms with Gasteiger partial charge in [0.2, 0.25) is 11.4 Å². The third kappa shape index (κ3) is 5.42. The zero-order valence-electron chi connectivity index (χ0n) is 22.4. The van der Waals surface area contributed by atoms with Gasteiger partial charge >= 0.3 is 0 Å². The molecule has 0 saturated heterocycles. The average molecular weight is 417 g/mol. The van der Waals surface area contributed by atoms with Crippen LogP contribution in [0.2, 0.25) is 0 Å². The number of hydrogen-bond donors (Lipinski definition) is 0. The van der Waals surface area contributed by atoms with E-state index in [1.54, 1.807) is 11.8 Å². The van der Waals surface area contributed by atoms with E-state index in [4.69, 9.17) is 2.74 Å². The third-order valence-corrected chi connectivity index (χ3v) is 6.73. The van der Waals surface area contributed by atoms with Gasteiger partial charge in [0.1, 0.15) is 0 Å². The molecule has 2 heterocycles. The lowest BCUT2D eigenvalue weighted by Crippen LogP contribution is -2.29. The lowest BCUT2D eigenvalue weighted by Gasteiger charge is -2.32. The maximum absolute atomic E-state index is 13.3. The Hall–Kier alpha value is -1.35. The minimum absolute atomic E-state index is 0.211. The Morgan fingerprint density at radius 3 is 1.28 bits per heavy atom. The van der Waals surface area contributed by atoms with Gasteiger partial charge in [-0.15, -0.1) is 0 Å². The van der Waals surface area contributed by atoms with E-state index in [2.05, 4.69) is 41.5 Å². The predicted octanol–water partition coefficient (Wildman–Crippen LogP) is 8.54. The van der Waals surface area contributed by atoms with Crippen molar-refractivity contribution in [3.63, 3.8) is 0 Å². The molecule has 3 heteroatoms. The molecule has 0 saturated carbocycles. The van der Waals surface area contributed by atoms with Crippen molar-refractivity contribution in [2.24, 2.45) is 21.7 Å². The van der Waals surface area contributed by atoms with Gasteiger partial charge in [0.25, 0.3) is 0 Å². The summed E-state index contributed by atoms with van der Waals surface area (Å²) in [4.78, 5) is 15.2. The minimum atomic E-state index is -0.362. The van der Waals surface area contributed by atoms with Crippen molar-refractivity contribution in [2.45, 2.75) is 83.1 Å². The summed E-state index contributed by atoms with van der Waals surface area (Å²) < 4.78 is 19.2. The monoisotopic (exact) mass is 416 g/mol. The summed E-state index contributed by atoms with van der Waals surface area (Å²) in [7, 11) is 0. The van der Waals surface area contributed by atoms with Gasteiger partial charge in [0, 0.05) is 17.1 Å². The van der Waals surface area contributed by atoms with Crippen LogP contribution in [0.3, 0.4) is 0 Å². The number of hydrogen-bond acceptors (Lipinski definition) is 2. The summed E-state index contributed by atoms with van der Waals surface area (Å²) in [5.41, 5.74) is 1.60.